The number of carbonyl (C=O) groups excluding carboxylic acids is 1. The average molecular weight is 324 g/mol. The highest BCUT2D eigenvalue weighted by atomic mass is 16.2. The monoisotopic (exact) mass is 324 g/mol. The number of rotatable bonds is 4. The zero-order valence-electron chi connectivity index (χ0n) is 14.3. The lowest BCUT2D eigenvalue weighted by Crippen LogP contribution is -2.44. The van der Waals surface area contributed by atoms with Crippen molar-refractivity contribution in [3.63, 3.8) is 0 Å². The van der Waals surface area contributed by atoms with Gasteiger partial charge in [0.15, 0.2) is 0 Å². The van der Waals surface area contributed by atoms with Crippen molar-refractivity contribution in [1.82, 2.24) is 19.8 Å². The van der Waals surface area contributed by atoms with Crippen molar-refractivity contribution in [2.24, 2.45) is 0 Å². The molecule has 1 aromatic heterocycles. The molecule has 4 rings (SSSR count). The number of hydrogen-bond acceptors (Lipinski definition) is 3. The highest BCUT2D eigenvalue weighted by Crippen LogP contribution is 2.28. The van der Waals surface area contributed by atoms with Gasteiger partial charge in [-0.1, -0.05) is 30.3 Å². The molecule has 1 fully saturated rings. The van der Waals surface area contributed by atoms with E-state index in [1.54, 1.807) is 0 Å². The third kappa shape index (κ3) is 2.84. The Labute approximate surface area is 142 Å². The van der Waals surface area contributed by atoms with E-state index in [0.29, 0.717) is 12.6 Å². The number of imidazole rings is 1. The van der Waals surface area contributed by atoms with Gasteiger partial charge in [-0.25, -0.2) is 4.98 Å². The molecule has 2 heterocycles. The van der Waals surface area contributed by atoms with Crippen LogP contribution in [0.15, 0.2) is 30.3 Å². The fraction of sp³-hybridized carbons (Fsp3) is 0.474. The predicted molar refractivity (Wildman–Crippen MR) is 92.5 cm³/mol. The van der Waals surface area contributed by atoms with Gasteiger partial charge in [-0.15, -0.1) is 0 Å². The molecule has 0 radical (unpaired) electrons. The summed E-state index contributed by atoms with van der Waals surface area (Å²) in [6.07, 6.45) is 2.21. The van der Waals surface area contributed by atoms with Crippen LogP contribution in [0.5, 0.6) is 0 Å². The van der Waals surface area contributed by atoms with Crippen molar-refractivity contribution in [2.75, 3.05) is 6.54 Å². The van der Waals surface area contributed by atoms with Crippen LogP contribution in [0.3, 0.4) is 0 Å². The van der Waals surface area contributed by atoms with E-state index < -0.39 is 0 Å². The maximum absolute atomic E-state index is 12.9. The highest BCUT2D eigenvalue weighted by Gasteiger charge is 2.34. The third-order valence-electron chi connectivity index (χ3n) is 5.14. The Balaban J connectivity index is 1.62. The number of hydrogen-bond donors (Lipinski definition) is 1. The summed E-state index contributed by atoms with van der Waals surface area (Å²) in [6, 6.07) is 10.2. The van der Waals surface area contributed by atoms with Gasteiger partial charge in [-0.3, -0.25) is 9.69 Å². The lowest BCUT2D eigenvalue weighted by Gasteiger charge is -2.34. The van der Waals surface area contributed by atoms with Gasteiger partial charge in [0.05, 0.1) is 12.2 Å². The zero-order valence-corrected chi connectivity index (χ0v) is 14.3. The Morgan fingerprint density at radius 3 is 2.67 bits per heavy atom. The first kappa shape index (κ1) is 15.4. The quantitative estimate of drug-likeness (QED) is 0.939. The number of aromatic nitrogens is 2. The number of amides is 1. The van der Waals surface area contributed by atoms with Crippen LogP contribution in [0.25, 0.3) is 0 Å². The van der Waals surface area contributed by atoms with Gasteiger partial charge < -0.3 is 9.88 Å². The lowest BCUT2D eigenvalue weighted by molar-refractivity contribution is -0.127. The Morgan fingerprint density at radius 2 is 1.96 bits per heavy atom. The topological polar surface area (TPSA) is 50.2 Å². The van der Waals surface area contributed by atoms with E-state index in [4.69, 9.17) is 4.98 Å². The van der Waals surface area contributed by atoms with Crippen molar-refractivity contribution in [1.29, 1.82) is 0 Å². The zero-order chi connectivity index (χ0) is 16.7. The molecule has 126 valence electrons. The first-order valence-electron chi connectivity index (χ1n) is 8.75. The lowest BCUT2D eigenvalue weighted by atomic mass is 10.0. The van der Waals surface area contributed by atoms with Crippen LogP contribution in [0, 0.1) is 13.8 Å². The number of fused-ring (bicyclic) bond motifs is 1. The van der Waals surface area contributed by atoms with Crippen LogP contribution in [0.2, 0.25) is 0 Å². The Bertz CT molecular complexity index is 748. The Morgan fingerprint density at radius 1 is 1.21 bits per heavy atom. The number of aryl methyl sites for hydroxylation is 1. The van der Waals surface area contributed by atoms with Crippen molar-refractivity contribution in [3.8, 4) is 0 Å². The smallest absolute Gasteiger partial charge is 0.242 e. The van der Waals surface area contributed by atoms with Crippen LogP contribution in [-0.4, -0.2) is 32.9 Å². The fourth-order valence-corrected chi connectivity index (χ4v) is 3.52. The van der Waals surface area contributed by atoms with Gasteiger partial charge in [-0.05, 0) is 32.3 Å². The summed E-state index contributed by atoms with van der Waals surface area (Å²) in [7, 11) is 0. The van der Waals surface area contributed by atoms with Gasteiger partial charge in [0.1, 0.15) is 11.9 Å². The molecule has 24 heavy (non-hydrogen) atoms. The van der Waals surface area contributed by atoms with Crippen LogP contribution in [-0.2, 0) is 17.9 Å². The summed E-state index contributed by atoms with van der Waals surface area (Å²) in [5.74, 6) is 1.19. The molecule has 1 atom stereocenters. The molecule has 1 aliphatic carbocycles. The van der Waals surface area contributed by atoms with E-state index in [-0.39, 0.29) is 11.9 Å². The van der Waals surface area contributed by atoms with Crippen LogP contribution >= 0.6 is 0 Å². The molecule has 1 aliphatic heterocycles. The summed E-state index contributed by atoms with van der Waals surface area (Å²) in [6.45, 7) is 6.64. The predicted octanol–water partition coefficient (Wildman–Crippen LogP) is 2.34. The van der Waals surface area contributed by atoms with Gasteiger partial charge in [0, 0.05) is 24.8 Å². The van der Waals surface area contributed by atoms with Crippen LogP contribution in [0.4, 0.5) is 0 Å². The van der Waals surface area contributed by atoms with E-state index in [9.17, 15) is 4.79 Å². The molecule has 2 aliphatic rings. The summed E-state index contributed by atoms with van der Waals surface area (Å²) in [5, 5.41) is 3.18. The largest absolute Gasteiger partial charge is 0.352 e. The normalized spacial score (nSPS) is 18.9. The highest BCUT2D eigenvalue weighted by molar-refractivity contribution is 5.83. The minimum atomic E-state index is -0.238. The first-order valence-corrected chi connectivity index (χ1v) is 8.75. The molecule has 5 nitrogen and oxygen atoms in total. The summed E-state index contributed by atoms with van der Waals surface area (Å²) in [5.41, 5.74) is 3.39. The average Bonchev–Trinajstić information content (AvgIpc) is 3.34. The second-order valence-electron chi connectivity index (χ2n) is 6.92. The molecule has 0 saturated heterocycles. The fourth-order valence-electron chi connectivity index (χ4n) is 3.52. The molecular weight excluding hydrogens is 300 g/mol. The van der Waals surface area contributed by atoms with E-state index in [0.717, 1.165) is 43.0 Å². The maximum Gasteiger partial charge on any atom is 0.242 e. The number of nitrogens with one attached hydrogen (secondary N) is 1. The minimum absolute atomic E-state index is 0.122. The van der Waals surface area contributed by atoms with Crippen LogP contribution < -0.4 is 5.32 Å². The van der Waals surface area contributed by atoms with Gasteiger partial charge >= 0.3 is 0 Å². The number of nitrogens with zero attached hydrogens (tertiary/aromatic N) is 3. The molecule has 1 saturated carbocycles. The minimum Gasteiger partial charge on any atom is -0.352 e. The molecule has 0 spiro atoms. The molecule has 5 heteroatoms. The maximum atomic E-state index is 12.9. The molecule has 1 N–H and O–H groups in total. The first-order chi connectivity index (χ1) is 11.6. The van der Waals surface area contributed by atoms with Crippen molar-refractivity contribution in [2.45, 2.75) is 51.9 Å². The number of carbonyl (C=O) groups is 1. The molecule has 1 amide bonds. The molecule has 1 unspecified atom stereocenters. The molecule has 1 aromatic carbocycles. The standard InChI is InChI=1S/C19H24N4O/c1-13-14(2)23-11-10-22(12-17(23)20-13)18(15-6-4-3-5-7-15)19(24)21-16-8-9-16/h3-7,16,18H,8-12H2,1-2H3,(H,21,24). The summed E-state index contributed by atoms with van der Waals surface area (Å²) < 4.78 is 2.28. The van der Waals surface area contributed by atoms with E-state index in [1.165, 1.54) is 5.69 Å². The second-order valence-corrected chi connectivity index (χ2v) is 6.92. The van der Waals surface area contributed by atoms with Crippen LogP contribution in [0.1, 0.15) is 41.7 Å². The SMILES string of the molecule is Cc1nc2n(c1C)CCN(C(C(=O)NC1CC1)c1ccccc1)C2. The van der Waals surface area contributed by atoms with Crippen molar-refractivity contribution < 1.29 is 4.79 Å². The molecular formula is C19H24N4O. The number of benzene rings is 1. The van der Waals surface area contributed by atoms with Crippen molar-refractivity contribution >= 4 is 5.91 Å². The van der Waals surface area contributed by atoms with E-state index in [2.05, 4.69) is 40.8 Å². The molecule has 2 aromatic rings. The van der Waals surface area contributed by atoms with Gasteiger partial charge in [-0.2, -0.15) is 0 Å². The second kappa shape index (κ2) is 6.06. The summed E-state index contributed by atoms with van der Waals surface area (Å²) in [4.78, 5) is 19.9. The summed E-state index contributed by atoms with van der Waals surface area (Å²) >= 11 is 0. The van der Waals surface area contributed by atoms with E-state index in [1.807, 2.05) is 18.2 Å². The van der Waals surface area contributed by atoms with Gasteiger partial charge in [0.25, 0.3) is 0 Å². The molecule has 0 bridgehead atoms. The Kier molecular flexibility index (Phi) is 3.88. The van der Waals surface area contributed by atoms with Crippen molar-refractivity contribution in [3.05, 3.63) is 53.1 Å². The third-order valence-corrected chi connectivity index (χ3v) is 5.14. The van der Waals surface area contributed by atoms with Gasteiger partial charge in [0.2, 0.25) is 5.91 Å². The van der Waals surface area contributed by atoms with E-state index >= 15 is 0 Å². The Hall–Kier alpha value is -2.14.